The molecule has 0 aromatic rings. The Morgan fingerprint density at radius 2 is 2.09 bits per heavy atom. The molecule has 0 aromatic heterocycles. The first-order chi connectivity index (χ1) is 5.26. The molecule has 0 atom stereocenters. The number of carbonyl (C=O) groups excluding carboxylic acids is 2. The second-order valence-corrected chi connectivity index (χ2v) is 1.90. The van der Waals surface area contributed by atoms with Gasteiger partial charge in [0.05, 0.1) is 6.61 Å². The van der Waals surface area contributed by atoms with E-state index in [0.29, 0.717) is 24.9 Å². The number of ether oxygens (including phenoxy) is 1. The maximum atomic E-state index is 10.9. The Kier molecular flexibility index (Phi) is 5.07. The van der Waals surface area contributed by atoms with Crippen LogP contribution in [0.1, 0.15) is 20.3 Å². The predicted molar refractivity (Wildman–Crippen MR) is 41.1 cm³/mol. The average Bonchev–Trinajstić information content (AvgIpc) is 2.00. The first kappa shape index (κ1) is 9.88. The van der Waals surface area contributed by atoms with Gasteiger partial charge in [0.25, 0.3) is 0 Å². The molecule has 0 radical (unpaired) electrons. The Bertz CT molecular complexity index is 170. The smallest absolute Gasteiger partial charge is 0.334 e. The van der Waals surface area contributed by atoms with Crippen LogP contribution in [0.25, 0.3) is 0 Å². The Labute approximate surface area is 66.0 Å². The lowest BCUT2D eigenvalue weighted by atomic mass is 10.2. The molecule has 0 N–H and O–H groups in total. The summed E-state index contributed by atoms with van der Waals surface area (Å²) >= 11 is 0. The van der Waals surface area contributed by atoms with Gasteiger partial charge in [0.2, 0.25) is 0 Å². The highest BCUT2D eigenvalue weighted by molar-refractivity contribution is 5.92. The van der Waals surface area contributed by atoms with E-state index in [9.17, 15) is 9.59 Å². The zero-order chi connectivity index (χ0) is 8.69. The number of esters is 1. The molecule has 0 amide bonds. The molecule has 0 bridgehead atoms. The molecule has 0 saturated heterocycles. The van der Waals surface area contributed by atoms with E-state index in [1.165, 1.54) is 6.08 Å². The van der Waals surface area contributed by atoms with Crippen LogP contribution in [0.15, 0.2) is 11.6 Å². The van der Waals surface area contributed by atoms with Crippen molar-refractivity contribution in [3.05, 3.63) is 11.6 Å². The van der Waals surface area contributed by atoms with E-state index in [0.717, 1.165) is 0 Å². The van der Waals surface area contributed by atoms with Gasteiger partial charge < -0.3 is 4.74 Å². The molecule has 0 unspecified atom stereocenters. The summed E-state index contributed by atoms with van der Waals surface area (Å²) in [6, 6.07) is 0. The third-order valence-corrected chi connectivity index (χ3v) is 1.19. The van der Waals surface area contributed by atoms with E-state index < -0.39 is 5.97 Å². The predicted octanol–water partition coefficient (Wildman–Crippen LogP) is 1.08. The summed E-state index contributed by atoms with van der Waals surface area (Å²) in [4.78, 5) is 20.9. The maximum Gasteiger partial charge on any atom is 0.334 e. The van der Waals surface area contributed by atoms with E-state index in [4.69, 9.17) is 0 Å². The molecule has 0 aliphatic rings. The Hall–Kier alpha value is -1.12. The van der Waals surface area contributed by atoms with Crippen molar-refractivity contribution < 1.29 is 14.3 Å². The SMILES string of the molecule is CCOC(=O)/C(=C/C=O)CC. The van der Waals surface area contributed by atoms with Crippen molar-refractivity contribution in [3.8, 4) is 0 Å². The van der Waals surface area contributed by atoms with Gasteiger partial charge in [-0.05, 0) is 19.4 Å². The van der Waals surface area contributed by atoms with Crippen LogP contribution in [0.2, 0.25) is 0 Å². The number of hydrogen-bond acceptors (Lipinski definition) is 3. The molecule has 0 spiro atoms. The number of aldehydes is 1. The molecule has 3 nitrogen and oxygen atoms in total. The van der Waals surface area contributed by atoms with Crippen LogP contribution in [0.3, 0.4) is 0 Å². The van der Waals surface area contributed by atoms with Crippen molar-refractivity contribution in [1.29, 1.82) is 0 Å². The standard InChI is InChI=1S/C8H12O3/c1-3-7(5-6-9)8(10)11-4-2/h5-6H,3-4H2,1-2H3/b7-5+. The monoisotopic (exact) mass is 156 g/mol. The molecule has 0 heterocycles. The minimum Gasteiger partial charge on any atom is -0.463 e. The number of allylic oxidation sites excluding steroid dienone is 1. The zero-order valence-corrected chi connectivity index (χ0v) is 6.79. The van der Waals surface area contributed by atoms with Crippen LogP contribution >= 0.6 is 0 Å². The van der Waals surface area contributed by atoms with Gasteiger partial charge in [0, 0.05) is 5.57 Å². The fraction of sp³-hybridized carbons (Fsp3) is 0.500. The van der Waals surface area contributed by atoms with Gasteiger partial charge in [-0.1, -0.05) is 6.92 Å². The zero-order valence-electron chi connectivity index (χ0n) is 6.79. The van der Waals surface area contributed by atoms with E-state index in [-0.39, 0.29) is 0 Å². The molecule has 0 fully saturated rings. The minimum atomic E-state index is -0.401. The second kappa shape index (κ2) is 5.65. The summed E-state index contributed by atoms with van der Waals surface area (Å²) in [5.41, 5.74) is 0.418. The molecule has 0 aromatic carbocycles. The highest BCUT2D eigenvalue weighted by Gasteiger charge is 2.06. The van der Waals surface area contributed by atoms with Crippen LogP contribution in [-0.2, 0) is 14.3 Å². The molecular weight excluding hydrogens is 144 g/mol. The van der Waals surface area contributed by atoms with E-state index in [1.54, 1.807) is 13.8 Å². The van der Waals surface area contributed by atoms with Gasteiger partial charge in [-0.3, -0.25) is 4.79 Å². The molecule has 62 valence electrons. The number of carbonyl (C=O) groups is 2. The third-order valence-electron chi connectivity index (χ3n) is 1.19. The van der Waals surface area contributed by atoms with Gasteiger partial charge >= 0.3 is 5.97 Å². The quantitative estimate of drug-likeness (QED) is 0.347. The second-order valence-electron chi connectivity index (χ2n) is 1.90. The normalized spacial score (nSPS) is 10.9. The lowest BCUT2D eigenvalue weighted by Gasteiger charge is -2.01. The molecule has 11 heavy (non-hydrogen) atoms. The summed E-state index contributed by atoms with van der Waals surface area (Å²) < 4.78 is 4.68. The summed E-state index contributed by atoms with van der Waals surface area (Å²) in [6.07, 6.45) is 2.35. The fourth-order valence-corrected chi connectivity index (χ4v) is 0.636. The molecule has 3 heteroatoms. The topological polar surface area (TPSA) is 43.4 Å². The van der Waals surface area contributed by atoms with E-state index in [1.807, 2.05) is 0 Å². The average molecular weight is 156 g/mol. The largest absolute Gasteiger partial charge is 0.463 e. The summed E-state index contributed by atoms with van der Waals surface area (Å²) in [7, 11) is 0. The van der Waals surface area contributed by atoms with Crippen LogP contribution in [0.5, 0.6) is 0 Å². The lowest BCUT2D eigenvalue weighted by Crippen LogP contribution is -2.06. The first-order valence-corrected chi connectivity index (χ1v) is 3.57. The Morgan fingerprint density at radius 3 is 2.45 bits per heavy atom. The Morgan fingerprint density at radius 1 is 1.45 bits per heavy atom. The van der Waals surface area contributed by atoms with Gasteiger partial charge in [-0.2, -0.15) is 0 Å². The maximum absolute atomic E-state index is 10.9. The van der Waals surface area contributed by atoms with Gasteiger partial charge in [0.15, 0.2) is 0 Å². The van der Waals surface area contributed by atoms with Crippen LogP contribution in [0.4, 0.5) is 0 Å². The van der Waals surface area contributed by atoms with Crippen molar-refractivity contribution in [1.82, 2.24) is 0 Å². The summed E-state index contributed by atoms with van der Waals surface area (Å²) in [5.74, 6) is -0.401. The lowest BCUT2D eigenvalue weighted by molar-refractivity contribution is -0.138. The first-order valence-electron chi connectivity index (χ1n) is 3.57. The van der Waals surface area contributed by atoms with Gasteiger partial charge in [-0.25, -0.2) is 4.79 Å². The summed E-state index contributed by atoms with van der Waals surface area (Å²) in [6.45, 7) is 3.87. The van der Waals surface area contributed by atoms with Gasteiger partial charge in [0.1, 0.15) is 6.29 Å². The highest BCUT2D eigenvalue weighted by Crippen LogP contribution is 2.01. The Balaban J connectivity index is 4.13. The summed E-state index contributed by atoms with van der Waals surface area (Å²) in [5, 5.41) is 0. The van der Waals surface area contributed by atoms with Crippen LogP contribution in [0, 0.1) is 0 Å². The van der Waals surface area contributed by atoms with Crippen molar-refractivity contribution in [2.75, 3.05) is 6.61 Å². The van der Waals surface area contributed by atoms with E-state index >= 15 is 0 Å². The minimum absolute atomic E-state index is 0.342. The molecular formula is C8H12O3. The number of hydrogen-bond donors (Lipinski definition) is 0. The van der Waals surface area contributed by atoms with Crippen molar-refractivity contribution in [3.63, 3.8) is 0 Å². The van der Waals surface area contributed by atoms with Crippen molar-refractivity contribution >= 4 is 12.3 Å². The van der Waals surface area contributed by atoms with E-state index in [2.05, 4.69) is 4.74 Å². The highest BCUT2D eigenvalue weighted by atomic mass is 16.5. The van der Waals surface area contributed by atoms with Crippen LogP contribution < -0.4 is 0 Å². The van der Waals surface area contributed by atoms with Crippen molar-refractivity contribution in [2.24, 2.45) is 0 Å². The third kappa shape index (κ3) is 3.55. The number of rotatable bonds is 4. The van der Waals surface area contributed by atoms with Crippen LogP contribution in [-0.4, -0.2) is 18.9 Å². The molecule has 0 aliphatic carbocycles. The fourth-order valence-electron chi connectivity index (χ4n) is 0.636. The van der Waals surface area contributed by atoms with Crippen molar-refractivity contribution in [2.45, 2.75) is 20.3 Å². The molecule has 0 rings (SSSR count). The molecule has 0 aliphatic heterocycles. The van der Waals surface area contributed by atoms with Gasteiger partial charge in [-0.15, -0.1) is 0 Å². The molecule has 0 saturated carbocycles.